The summed E-state index contributed by atoms with van der Waals surface area (Å²) in [6, 6.07) is 6.08. The van der Waals surface area contributed by atoms with E-state index in [2.05, 4.69) is 33.4 Å². The summed E-state index contributed by atoms with van der Waals surface area (Å²) in [6.45, 7) is 0. The van der Waals surface area contributed by atoms with Crippen molar-refractivity contribution in [3.8, 4) is 0 Å². The minimum absolute atomic E-state index is 0.194. The number of carbonyl (C=O) groups excluding carboxylic acids is 1. The van der Waals surface area contributed by atoms with Crippen molar-refractivity contribution >= 4 is 38.2 Å². The Hall–Kier alpha value is -0.480. The van der Waals surface area contributed by atoms with Crippen LogP contribution in [0.2, 0.25) is 0 Å². The highest BCUT2D eigenvalue weighted by molar-refractivity contribution is 9.18. The van der Waals surface area contributed by atoms with Crippen molar-refractivity contribution in [1.82, 2.24) is 0 Å². The zero-order valence-electron chi connectivity index (χ0n) is 7.55. The molecule has 2 rings (SSSR count). The minimum atomic E-state index is -0.194. The van der Waals surface area contributed by atoms with Crippen LogP contribution in [0.15, 0.2) is 23.1 Å². The Labute approximate surface area is 95.6 Å². The maximum atomic E-state index is 10.8. The summed E-state index contributed by atoms with van der Waals surface area (Å²) in [4.78, 5) is 11.9. The van der Waals surface area contributed by atoms with E-state index < -0.39 is 0 Å². The van der Waals surface area contributed by atoms with Gasteiger partial charge in [0, 0.05) is 26.5 Å². The van der Waals surface area contributed by atoms with Crippen LogP contribution in [0.3, 0.4) is 0 Å². The maximum Gasteiger partial charge on any atom is 0.291 e. The Morgan fingerprint density at radius 2 is 2.36 bits per heavy atom. The van der Waals surface area contributed by atoms with Gasteiger partial charge in [-0.1, -0.05) is 0 Å². The zero-order valence-corrected chi connectivity index (χ0v) is 9.95. The summed E-state index contributed by atoms with van der Waals surface area (Å²) in [5, 5.41) is 2.72. The number of fused-ring (bicyclic) bond motifs is 1. The normalized spacial score (nSPS) is 14.6. The molecule has 0 atom stereocenters. The largest absolute Gasteiger partial charge is 0.317 e. The molecule has 0 fully saturated rings. The van der Waals surface area contributed by atoms with Gasteiger partial charge in [0.2, 0.25) is 0 Å². The molecule has 1 aromatic rings. The summed E-state index contributed by atoms with van der Waals surface area (Å²) in [7, 11) is 0. The number of carbonyl (C=O) groups is 1. The van der Waals surface area contributed by atoms with Crippen molar-refractivity contribution < 1.29 is 4.79 Å². The van der Waals surface area contributed by atoms with Gasteiger partial charge in [0.15, 0.2) is 0 Å². The molecule has 14 heavy (non-hydrogen) atoms. The first-order chi connectivity index (χ1) is 6.75. The number of hydrogen-bond acceptors (Lipinski definition) is 2. The highest BCUT2D eigenvalue weighted by atomic mass is 79.9. The Morgan fingerprint density at radius 3 is 3.14 bits per heavy atom. The molecule has 4 heteroatoms. The van der Waals surface area contributed by atoms with Gasteiger partial charge in [-0.15, -0.1) is 11.8 Å². The molecule has 1 amide bonds. The van der Waals surface area contributed by atoms with Gasteiger partial charge in [0.05, 0.1) is 0 Å². The lowest BCUT2D eigenvalue weighted by Crippen LogP contribution is -2.03. The molecule has 1 aliphatic rings. The molecule has 1 N–H and O–H groups in total. The predicted molar refractivity (Wildman–Crippen MR) is 63.4 cm³/mol. The third-order valence-electron chi connectivity index (χ3n) is 2.15. The lowest BCUT2D eigenvalue weighted by molar-refractivity contribution is 0.270. The summed E-state index contributed by atoms with van der Waals surface area (Å²) < 4.78 is 0. The summed E-state index contributed by atoms with van der Waals surface area (Å²) in [5.74, 6) is 1.21. The molecule has 1 aliphatic heterocycles. The van der Waals surface area contributed by atoms with E-state index in [1.165, 1.54) is 22.6 Å². The number of aryl methyl sites for hydroxylation is 1. The number of benzene rings is 1. The van der Waals surface area contributed by atoms with Crippen LogP contribution in [0.5, 0.6) is 0 Å². The smallest absolute Gasteiger partial charge is 0.291 e. The van der Waals surface area contributed by atoms with Crippen LogP contribution in [0.1, 0.15) is 12.0 Å². The Morgan fingerprint density at radius 1 is 1.50 bits per heavy atom. The van der Waals surface area contributed by atoms with Gasteiger partial charge < -0.3 is 5.32 Å². The minimum Gasteiger partial charge on any atom is -0.317 e. The molecule has 1 heterocycles. The molecule has 74 valence electrons. The molecule has 0 aliphatic carbocycles. The molecular formula is C10H10BrNOS. The van der Waals surface area contributed by atoms with E-state index in [4.69, 9.17) is 0 Å². The number of rotatable bonds is 1. The molecule has 0 saturated heterocycles. The lowest BCUT2D eigenvalue weighted by Gasteiger charge is -2.15. The van der Waals surface area contributed by atoms with Gasteiger partial charge in [0.25, 0.3) is 4.82 Å². The third-order valence-corrected chi connectivity index (χ3v) is 3.55. The molecule has 0 saturated carbocycles. The highest BCUT2D eigenvalue weighted by Gasteiger charge is 2.10. The van der Waals surface area contributed by atoms with E-state index >= 15 is 0 Å². The van der Waals surface area contributed by atoms with Crippen molar-refractivity contribution in [3.63, 3.8) is 0 Å². The summed E-state index contributed by atoms with van der Waals surface area (Å²) in [6.07, 6.45) is 2.34. The number of nitrogens with one attached hydrogen (secondary N) is 1. The number of anilines is 1. The van der Waals surface area contributed by atoms with Crippen molar-refractivity contribution in [1.29, 1.82) is 0 Å². The SMILES string of the molecule is O=C(Br)Nc1ccc2c(c1)CCCS2. The first kappa shape index (κ1) is 10.1. The second-order valence-corrected chi connectivity index (χ2v) is 5.03. The van der Waals surface area contributed by atoms with Crippen LogP contribution in [0, 0.1) is 0 Å². The summed E-state index contributed by atoms with van der Waals surface area (Å²) >= 11 is 4.74. The van der Waals surface area contributed by atoms with Crippen LogP contribution in [0.4, 0.5) is 10.5 Å². The van der Waals surface area contributed by atoms with Gasteiger partial charge in [-0.05, 0) is 42.4 Å². The third kappa shape index (κ3) is 2.30. The second kappa shape index (κ2) is 4.36. The number of amides is 1. The fraction of sp³-hybridized carbons (Fsp3) is 0.300. The van der Waals surface area contributed by atoms with E-state index in [9.17, 15) is 4.79 Å². The maximum absolute atomic E-state index is 10.8. The first-order valence-electron chi connectivity index (χ1n) is 4.48. The van der Waals surface area contributed by atoms with Crippen molar-refractivity contribution in [2.45, 2.75) is 17.7 Å². The van der Waals surface area contributed by atoms with Gasteiger partial charge in [-0.3, -0.25) is 4.79 Å². The van der Waals surface area contributed by atoms with E-state index in [1.807, 2.05) is 17.8 Å². The molecule has 0 spiro atoms. The number of halogens is 1. The van der Waals surface area contributed by atoms with E-state index in [0.29, 0.717) is 0 Å². The van der Waals surface area contributed by atoms with Crippen LogP contribution < -0.4 is 5.32 Å². The highest BCUT2D eigenvalue weighted by Crippen LogP contribution is 2.31. The predicted octanol–water partition coefficient (Wildman–Crippen LogP) is 3.65. The molecule has 1 aromatic carbocycles. The monoisotopic (exact) mass is 271 g/mol. The van der Waals surface area contributed by atoms with Crippen LogP contribution in [0.25, 0.3) is 0 Å². The topological polar surface area (TPSA) is 29.1 Å². The fourth-order valence-corrected chi connectivity index (χ4v) is 2.80. The van der Waals surface area contributed by atoms with Crippen molar-refractivity contribution in [2.24, 2.45) is 0 Å². The molecule has 0 unspecified atom stereocenters. The van der Waals surface area contributed by atoms with Gasteiger partial charge in [-0.25, -0.2) is 0 Å². The quantitative estimate of drug-likeness (QED) is 0.624. The van der Waals surface area contributed by atoms with Crippen LogP contribution in [-0.4, -0.2) is 10.6 Å². The number of thioether (sulfide) groups is 1. The molecular weight excluding hydrogens is 262 g/mol. The Kier molecular flexibility index (Phi) is 3.13. The van der Waals surface area contributed by atoms with Crippen molar-refractivity contribution in [3.05, 3.63) is 23.8 Å². The molecule has 2 nitrogen and oxygen atoms in total. The average Bonchev–Trinajstić information content (AvgIpc) is 2.17. The molecule has 0 aromatic heterocycles. The van der Waals surface area contributed by atoms with Gasteiger partial charge in [0.1, 0.15) is 0 Å². The first-order valence-corrected chi connectivity index (χ1v) is 6.26. The summed E-state index contributed by atoms with van der Waals surface area (Å²) in [5.41, 5.74) is 2.22. The lowest BCUT2D eigenvalue weighted by atomic mass is 10.1. The van der Waals surface area contributed by atoms with E-state index in [-0.39, 0.29) is 4.82 Å². The van der Waals surface area contributed by atoms with E-state index in [0.717, 1.165) is 12.1 Å². The number of hydrogen-bond donors (Lipinski definition) is 1. The standard InChI is InChI=1S/C10H10BrNOS/c11-10(13)12-8-3-4-9-7(6-8)2-1-5-14-9/h3-4,6H,1-2,5H2,(H,12,13). The fourth-order valence-electron chi connectivity index (χ4n) is 1.55. The zero-order chi connectivity index (χ0) is 9.97. The molecule has 0 radical (unpaired) electrons. The second-order valence-electron chi connectivity index (χ2n) is 3.17. The molecule has 0 bridgehead atoms. The van der Waals surface area contributed by atoms with Gasteiger partial charge in [-0.2, -0.15) is 0 Å². The van der Waals surface area contributed by atoms with Crippen LogP contribution in [-0.2, 0) is 6.42 Å². The van der Waals surface area contributed by atoms with Crippen LogP contribution >= 0.6 is 27.7 Å². The Balaban J connectivity index is 2.24. The average molecular weight is 272 g/mol. The van der Waals surface area contributed by atoms with Crippen molar-refractivity contribution in [2.75, 3.05) is 11.1 Å². The van der Waals surface area contributed by atoms with E-state index in [1.54, 1.807) is 0 Å². The Bertz CT molecular complexity index is 367. The van der Waals surface area contributed by atoms with Gasteiger partial charge >= 0.3 is 0 Å².